The highest BCUT2D eigenvalue weighted by Crippen LogP contribution is 2.11. The van der Waals surface area contributed by atoms with Crippen LogP contribution in [0.5, 0.6) is 5.75 Å². The lowest BCUT2D eigenvalue weighted by Gasteiger charge is -2.01. The van der Waals surface area contributed by atoms with E-state index in [2.05, 4.69) is 0 Å². The fraction of sp³-hybridized carbons (Fsp3) is 0. The van der Waals surface area contributed by atoms with Crippen molar-refractivity contribution in [2.75, 3.05) is 0 Å². The second-order valence-electron chi connectivity index (χ2n) is 2.08. The number of phenolic OH excluding ortho intramolecular Hbond substituents is 1. The molecule has 1 aromatic carbocycles. The van der Waals surface area contributed by atoms with Gasteiger partial charge in [-0.15, -0.1) is 0 Å². The fourth-order valence-corrected chi connectivity index (χ4v) is 0.913. The van der Waals surface area contributed by atoms with Crippen LogP contribution in [0.2, 0.25) is 5.02 Å². The van der Waals surface area contributed by atoms with Gasteiger partial charge in [-0.05, 0) is 18.2 Å². The summed E-state index contributed by atoms with van der Waals surface area (Å²) in [5, 5.41) is 26.7. The van der Waals surface area contributed by atoms with Crippen LogP contribution in [-0.2, 0) is 0 Å². The highest BCUT2D eigenvalue weighted by atomic mass is 35.5. The summed E-state index contributed by atoms with van der Waals surface area (Å²) in [6.07, 6.45) is 0. The minimum Gasteiger partial charge on any atom is -0.508 e. The van der Waals surface area contributed by atoms with Crippen molar-refractivity contribution in [2.45, 2.75) is 0 Å². The van der Waals surface area contributed by atoms with Crippen LogP contribution in [0.3, 0.4) is 0 Å². The summed E-state index contributed by atoms with van der Waals surface area (Å²) < 4.78 is 0. The Morgan fingerprint density at radius 3 is 2.36 bits per heavy atom. The van der Waals surface area contributed by atoms with Gasteiger partial charge in [0.15, 0.2) is 0 Å². The predicted octanol–water partition coefficient (Wildman–Crippen LogP) is -0.275. The third-order valence-corrected chi connectivity index (χ3v) is 1.50. The minimum atomic E-state index is -1.69. The topological polar surface area (TPSA) is 60.7 Å². The zero-order chi connectivity index (χ0) is 8.43. The Kier molecular flexibility index (Phi) is 2.39. The largest absolute Gasteiger partial charge is 0.508 e. The quantitative estimate of drug-likeness (QED) is 0.511. The van der Waals surface area contributed by atoms with Crippen molar-refractivity contribution in [1.82, 2.24) is 0 Å². The monoisotopic (exact) mass is 172 g/mol. The van der Waals surface area contributed by atoms with Crippen molar-refractivity contribution in [3.8, 4) is 5.75 Å². The first kappa shape index (κ1) is 8.39. The van der Waals surface area contributed by atoms with Gasteiger partial charge in [0.25, 0.3) is 0 Å². The summed E-state index contributed by atoms with van der Waals surface area (Å²) >= 11 is 5.53. The van der Waals surface area contributed by atoms with E-state index in [-0.39, 0.29) is 11.2 Å². The van der Waals surface area contributed by atoms with E-state index in [0.717, 1.165) is 0 Å². The van der Waals surface area contributed by atoms with E-state index in [9.17, 15) is 0 Å². The van der Waals surface area contributed by atoms with Gasteiger partial charge in [0.2, 0.25) is 0 Å². The molecule has 0 heterocycles. The van der Waals surface area contributed by atoms with E-state index in [1.807, 2.05) is 0 Å². The Labute approximate surface area is 69.0 Å². The van der Waals surface area contributed by atoms with Crippen LogP contribution in [0.4, 0.5) is 0 Å². The Morgan fingerprint density at radius 2 is 1.91 bits per heavy atom. The highest BCUT2D eigenvalue weighted by molar-refractivity contribution is 6.60. The Bertz CT molecular complexity index is 264. The molecule has 0 aromatic heterocycles. The number of halogens is 1. The van der Waals surface area contributed by atoms with Crippen LogP contribution in [-0.4, -0.2) is 22.3 Å². The van der Waals surface area contributed by atoms with E-state index in [1.165, 1.54) is 18.2 Å². The molecular formula is C6H6BClO3. The molecule has 1 aromatic rings. The lowest BCUT2D eigenvalue weighted by atomic mass is 9.80. The SMILES string of the molecule is OB(O)c1cc(Cl)ccc1O. The molecule has 0 atom stereocenters. The molecule has 0 aliphatic carbocycles. The van der Waals surface area contributed by atoms with Crippen LogP contribution in [0.15, 0.2) is 18.2 Å². The summed E-state index contributed by atoms with van der Waals surface area (Å²) in [4.78, 5) is 0. The fourth-order valence-electron chi connectivity index (χ4n) is 0.732. The van der Waals surface area contributed by atoms with Gasteiger partial charge in [-0.2, -0.15) is 0 Å². The molecule has 0 radical (unpaired) electrons. The average Bonchev–Trinajstić information content (AvgIpc) is 1.94. The van der Waals surface area contributed by atoms with Gasteiger partial charge >= 0.3 is 7.12 Å². The Hall–Kier alpha value is -0.705. The number of hydrogen-bond donors (Lipinski definition) is 3. The van der Waals surface area contributed by atoms with Crippen molar-refractivity contribution >= 4 is 24.2 Å². The normalized spacial score (nSPS) is 9.73. The van der Waals surface area contributed by atoms with E-state index >= 15 is 0 Å². The lowest BCUT2D eigenvalue weighted by molar-refractivity contribution is 0.419. The van der Waals surface area contributed by atoms with Gasteiger partial charge in [-0.1, -0.05) is 11.6 Å². The van der Waals surface area contributed by atoms with Crippen LogP contribution in [0, 0.1) is 0 Å². The molecule has 0 aliphatic heterocycles. The molecule has 0 amide bonds. The van der Waals surface area contributed by atoms with E-state index < -0.39 is 7.12 Å². The molecule has 3 nitrogen and oxygen atoms in total. The lowest BCUT2D eigenvalue weighted by Crippen LogP contribution is -2.29. The second-order valence-corrected chi connectivity index (χ2v) is 2.51. The van der Waals surface area contributed by atoms with Gasteiger partial charge in [0.1, 0.15) is 5.75 Å². The highest BCUT2D eigenvalue weighted by Gasteiger charge is 2.15. The standard InChI is InChI=1S/C6H6BClO3/c8-4-1-2-6(9)5(3-4)7(10)11/h1-3,9-11H. The zero-order valence-electron chi connectivity index (χ0n) is 5.53. The summed E-state index contributed by atoms with van der Waals surface area (Å²) in [7, 11) is -1.69. The van der Waals surface area contributed by atoms with Crippen LogP contribution in [0.25, 0.3) is 0 Å². The third kappa shape index (κ3) is 1.86. The van der Waals surface area contributed by atoms with E-state index in [0.29, 0.717) is 5.02 Å². The van der Waals surface area contributed by atoms with E-state index in [1.54, 1.807) is 0 Å². The van der Waals surface area contributed by atoms with Gasteiger partial charge in [0, 0.05) is 10.5 Å². The molecule has 0 spiro atoms. The number of phenols is 1. The van der Waals surface area contributed by atoms with Crippen LogP contribution >= 0.6 is 11.6 Å². The first-order chi connectivity index (χ1) is 5.11. The van der Waals surface area contributed by atoms with Crippen molar-refractivity contribution < 1.29 is 15.2 Å². The zero-order valence-corrected chi connectivity index (χ0v) is 6.28. The van der Waals surface area contributed by atoms with E-state index in [4.69, 9.17) is 26.8 Å². The smallest absolute Gasteiger partial charge is 0.492 e. The maximum atomic E-state index is 9.03. The maximum absolute atomic E-state index is 9.03. The van der Waals surface area contributed by atoms with Crippen molar-refractivity contribution in [3.05, 3.63) is 23.2 Å². The summed E-state index contributed by atoms with van der Waals surface area (Å²) in [6.45, 7) is 0. The molecule has 5 heteroatoms. The van der Waals surface area contributed by atoms with Gasteiger partial charge in [0.05, 0.1) is 0 Å². The molecule has 58 valence electrons. The second kappa shape index (κ2) is 3.13. The predicted molar refractivity (Wildman–Crippen MR) is 42.9 cm³/mol. The Morgan fingerprint density at radius 1 is 1.27 bits per heavy atom. The van der Waals surface area contributed by atoms with Crippen molar-refractivity contribution in [1.29, 1.82) is 0 Å². The van der Waals surface area contributed by atoms with Crippen LogP contribution < -0.4 is 5.46 Å². The molecule has 0 saturated carbocycles. The molecule has 3 N–H and O–H groups in total. The number of aromatic hydroxyl groups is 1. The first-order valence-electron chi connectivity index (χ1n) is 2.96. The maximum Gasteiger partial charge on any atom is 0.492 e. The first-order valence-corrected chi connectivity index (χ1v) is 3.33. The molecule has 1 rings (SSSR count). The van der Waals surface area contributed by atoms with Crippen molar-refractivity contribution in [2.24, 2.45) is 0 Å². The molecule has 0 bridgehead atoms. The van der Waals surface area contributed by atoms with Gasteiger partial charge < -0.3 is 15.2 Å². The summed E-state index contributed by atoms with van der Waals surface area (Å²) in [5.74, 6) is -0.176. The third-order valence-electron chi connectivity index (χ3n) is 1.27. The number of rotatable bonds is 1. The summed E-state index contributed by atoms with van der Waals surface area (Å²) in [6, 6.07) is 4.06. The van der Waals surface area contributed by atoms with Crippen LogP contribution in [0.1, 0.15) is 0 Å². The average molecular weight is 172 g/mol. The minimum absolute atomic E-state index is 0.0116. The molecule has 0 aliphatic rings. The molecule has 0 fully saturated rings. The summed E-state index contributed by atoms with van der Waals surface area (Å²) in [5.41, 5.74) is 0.0116. The number of hydrogen-bond acceptors (Lipinski definition) is 3. The van der Waals surface area contributed by atoms with Gasteiger partial charge in [-0.3, -0.25) is 0 Å². The number of benzene rings is 1. The molecule has 0 unspecified atom stereocenters. The van der Waals surface area contributed by atoms with Crippen molar-refractivity contribution in [3.63, 3.8) is 0 Å². The Balaban J connectivity index is 3.13. The molecule has 0 saturated heterocycles. The van der Waals surface area contributed by atoms with Gasteiger partial charge in [-0.25, -0.2) is 0 Å². The molecular weight excluding hydrogens is 166 g/mol. The molecule has 11 heavy (non-hydrogen) atoms.